The van der Waals surface area contributed by atoms with Crippen molar-refractivity contribution in [2.24, 2.45) is 5.92 Å². The predicted octanol–water partition coefficient (Wildman–Crippen LogP) is 1.40. The standard InChI is InChI=1S/C14H26N2O2/c1-15-8-5-12-6-9-16(10-7-12)14(17)13-4-2-3-11-18-13/h12-13,15H,2-11H2,1H3. The second-order valence-corrected chi connectivity index (χ2v) is 5.52. The van der Waals surface area contributed by atoms with Gasteiger partial charge in [0.05, 0.1) is 0 Å². The van der Waals surface area contributed by atoms with Gasteiger partial charge in [-0.1, -0.05) is 0 Å². The van der Waals surface area contributed by atoms with E-state index in [1.807, 2.05) is 11.9 Å². The van der Waals surface area contributed by atoms with E-state index in [1.54, 1.807) is 0 Å². The number of hydrogen-bond donors (Lipinski definition) is 1. The molecule has 104 valence electrons. The van der Waals surface area contributed by atoms with Crippen molar-refractivity contribution in [3.63, 3.8) is 0 Å². The first kappa shape index (κ1) is 13.8. The van der Waals surface area contributed by atoms with Crippen molar-refractivity contribution in [2.75, 3.05) is 33.3 Å². The van der Waals surface area contributed by atoms with E-state index in [2.05, 4.69) is 5.32 Å². The number of carbonyl (C=O) groups is 1. The van der Waals surface area contributed by atoms with Crippen LogP contribution in [0.25, 0.3) is 0 Å². The van der Waals surface area contributed by atoms with Crippen LogP contribution in [-0.2, 0) is 9.53 Å². The van der Waals surface area contributed by atoms with E-state index in [1.165, 1.54) is 6.42 Å². The molecule has 0 spiro atoms. The Kier molecular flexibility index (Phi) is 5.45. The second kappa shape index (κ2) is 7.10. The van der Waals surface area contributed by atoms with Crippen LogP contribution in [0.5, 0.6) is 0 Å². The van der Waals surface area contributed by atoms with Crippen LogP contribution in [0.15, 0.2) is 0 Å². The van der Waals surface area contributed by atoms with Gasteiger partial charge in [-0.25, -0.2) is 0 Å². The lowest BCUT2D eigenvalue weighted by Gasteiger charge is -2.35. The molecule has 1 unspecified atom stereocenters. The van der Waals surface area contributed by atoms with E-state index in [-0.39, 0.29) is 12.0 Å². The number of ether oxygens (including phenoxy) is 1. The van der Waals surface area contributed by atoms with E-state index in [0.717, 1.165) is 64.3 Å². The lowest BCUT2D eigenvalue weighted by Crippen LogP contribution is -2.45. The third-order valence-corrected chi connectivity index (χ3v) is 4.18. The Labute approximate surface area is 110 Å². The molecule has 0 aromatic carbocycles. The summed E-state index contributed by atoms with van der Waals surface area (Å²) < 4.78 is 5.58. The van der Waals surface area contributed by atoms with E-state index >= 15 is 0 Å². The molecule has 2 rings (SSSR count). The third kappa shape index (κ3) is 3.69. The minimum absolute atomic E-state index is 0.146. The van der Waals surface area contributed by atoms with Gasteiger partial charge in [0.25, 0.3) is 5.91 Å². The van der Waals surface area contributed by atoms with Gasteiger partial charge in [0.15, 0.2) is 0 Å². The van der Waals surface area contributed by atoms with Gasteiger partial charge in [-0.15, -0.1) is 0 Å². The van der Waals surface area contributed by atoms with Crippen molar-refractivity contribution in [1.82, 2.24) is 10.2 Å². The number of likely N-dealkylation sites (tertiary alicyclic amines) is 1. The van der Waals surface area contributed by atoms with E-state index in [0.29, 0.717) is 0 Å². The van der Waals surface area contributed by atoms with Crippen molar-refractivity contribution >= 4 is 5.91 Å². The summed E-state index contributed by atoms with van der Waals surface area (Å²) in [6, 6.07) is 0. The molecule has 0 bridgehead atoms. The molecule has 1 atom stereocenters. The van der Waals surface area contributed by atoms with Gasteiger partial charge in [-0.3, -0.25) is 4.79 Å². The molecule has 2 fully saturated rings. The molecule has 4 nitrogen and oxygen atoms in total. The lowest BCUT2D eigenvalue weighted by molar-refractivity contribution is -0.147. The van der Waals surface area contributed by atoms with Crippen molar-refractivity contribution in [1.29, 1.82) is 0 Å². The number of nitrogens with one attached hydrogen (secondary N) is 1. The fraction of sp³-hybridized carbons (Fsp3) is 0.929. The van der Waals surface area contributed by atoms with Crippen molar-refractivity contribution < 1.29 is 9.53 Å². The minimum Gasteiger partial charge on any atom is -0.368 e. The maximum absolute atomic E-state index is 12.3. The molecule has 18 heavy (non-hydrogen) atoms. The number of amides is 1. The lowest BCUT2D eigenvalue weighted by atomic mass is 9.93. The summed E-state index contributed by atoms with van der Waals surface area (Å²) in [5.41, 5.74) is 0. The quantitative estimate of drug-likeness (QED) is 0.824. The van der Waals surface area contributed by atoms with Gasteiger partial charge < -0.3 is 15.0 Å². The van der Waals surface area contributed by atoms with Crippen LogP contribution in [0.1, 0.15) is 38.5 Å². The van der Waals surface area contributed by atoms with Crippen LogP contribution in [0, 0.1) is 5.92 Å². The van der Waals surface area contributed by atoms with Crippen molar-refractivity contribution in [2.45, 2.75) is 44.6 Å². The van der Waals surface area contributed by atoms with Gasteiger partial charge in [0.2, 0.25) is 0 Å². The summed E-state index contributed by atoms with van der Waals surface area (Å²) in [5, 5.41) is 3.20. The summed E-state index contributed by atoms with van der Waals surface area (Å²) in [7, 11) is 2.00. The van der Waals surface area contributed by atoms with Gasteiger partial charge >= 0.3 is 0 Å². The minimum atomic E-state index is -0.146. The molecule has 1 amide bonds. The highest BCUT2D eigenvalue weighted by Gasteiger charge is 2.29. The molecular formula is C14H26N2O2. The first-order chi connectivity index (χ1) is 8.81. The van der Waals surface area contributed by atoms with Crippen LogP contribution >= 0.6 is 0 Å². The van der Waals surface area contributed by atoms with Gasteiger partial charge in [0, 0.05) is 19.7 Å². The smallest absolute Gasteiger partial charge is 0.251 e. The second-order valence-electron chi connectivity index (χ2n) is 5.52. The molecule has 0 saturated carbocycles. The van der Waals surface area contributed by atoms with Crippen LogP contribution in [0.2, 0.25) is 0 Å². The van der Waals surface area contributed by atoms with Crippen molar-refractivity contribution in [3.8, 4) is 0 Å². The number of rotatable bonds is 4. The van der Waals surface area contributed by atoms with Crippen LogP contribution in [0.3, 0.4) is 0 Å². The van der Waals surface area contributed by atoms with Crippen molar-refractivity contribution in [3.05, 3.63) is 0 Å². The summed E-state index contributed by atoms with van der Waals surface area (Å²) >= 11 is 0. The van der Waals surface area contributed by atoms with Gasteiger partial charge in [0.1, 0.15) is 6.10 Å². The Bertz CT molecular complexity index is 257. The molecule has 0 aromatic heterocycles. The Hall–Kier alpha value is -0.610. The predicted molar refractivity (Wildman–Crippen MR) is 71.4 cm³/mol. The van der Waals surface area contributed by atoms with Crippen LogP contribution in [-0.4, -0.2) is 50.2 Å². The Balaban J connectivity index is 1.73. The normalized spacial score (nSPS) is 26.3. The zero-order chi connectivity index (χ0) is 12.8. The maximum atomic E-state index is 12.3. The fourth-order valence-electron chi connectivity index (χ4n) is 2.93. The fourth-order valence-corrected chi connectivity index (χ4v) is 2.93. The number of hydrogen-bond acceptors (Lipinski definition) is 3. The number of piperidine rings is 1. The average Bonchev–Trinajstić information content (AvgIpc) is 2.46. The highest BCUT2D eigenvalue weighted by atomic mass is 16.5. The molecule has 1 N–H and O–H groups in total. The number of nitrogens with zero attached hydrogens (tertiary/aromatic N) is 1. The molecule has 0 aromatic rings. The first-order valence-electron chi connectivity index (χ1n) is 7.36. The summed E-state index contributed by atoms with van der Waals surface area (Å²) in [4.78, 5) is 14.3. The molecule has 2 heterocycles. The largest absolute Gasteiger partial charge is 0.368 e. The molecule has 4 heteroatoms. The highest BCUT2D eigenvalue weighted by Crippen LogP contribution is 2.22. The third-order valence-electron chi connectivity index (χ3n) is 4.18. The highest BCUT2D eigenvalue weighted by molar-refractivity contribution is 5.81. The number of carbonyl (C=O) groups excluding carboxylic acids is 1. The SMILES string of the molecule is CNCCC1CCN(C(=O)C2CCCCO2)CC1. The molecule has 2 saturated heterocycles. The summed E-state index contributed by atoms with van der Waals surface area (Å²) in [6.45, 7) is 3.69. The topological polar surface area (TPSA) is 41.6 Å². The summed E-state index contributed by atoms with van der Waals surface area (Å²) in [6.07, 6.45) is 6.55. The van der Waals surface area contributed by atoms with Crippen LogP contribution < -0.4 is 5.32 Å². The molecule has 2 aliphatic heterocycles. The Morgan fingerprint density at radius 2 is 2.06 bits per heavy atom. The van der Waals surface area contributed by atoms with E-state index in [4.69, 9.17) is 4.74 Å². The van der Waals surface area contributed by atoms with Gasteiger partial charge in [-0.05, 0) is 58.0 Å². The maximum Gasteiger partial charge on any atom is 0.251 e. The summed E-state index contributed by atoms with van der Waals surface area (Å²) in [5.74, 6) is 1.02. The molecule has 0 aliphatic carbocycles. The Morgan fingerprint density at radius 3 is 2.67 bits per heavy atom. The first-order valence-corrected chi connectivity index (χ1v) is 7.36. The van der Waals surface area contributed by atoms with E-state index in [9.17, 15) is 4.79 Å². The average molecular weight is 254 g/mol. The molecular weight excluding hydrogens is 228 g/mol. The zero-order valence-electron chi connectivity index (χ0n) is 11.5. The Morgan fingerprint density at radius 1 is 1.28 bits per heavy atom. The molecule has 2 aliphatic rings. The van der Waals surface area contributed by atoms with E-state index < -0.39 is 0 Å². The van der Waals surface area contributed by atoms with Gasteiger partial charge in [-0.2, -0.15) is 0 Å². The monoisotopic (exact) mass is 254 g/mol. The van der Waals surface area contributed by atoms with Crippen LogP contribution in [0.4, 0.5) is 0 Å². The molecule has 0 radical (unpaired) electrons. The zero-order valence-corrected chi connectivity index (χ0v) is 11.5.